The molecule has 2 aromatic heterocycles. The van der Waals surface area contributed by atoms with Crippen LogP contribution in [0.25, 0.3) is 0 Å². The fraction of sp³-hybridized carbons (Fsp3) is 0.100. The standard InChI is InChI=1S/C10H8N4S/c1-7-6-13-10(15-7)14-9-8(5-11)3-2-4-12-9/h2-4,6H,1H3,(H,12,13,14). The Morgan fingerprint density at radius 2 is 2.33 bits per heavy atom. The van der Waals surface area contributed by atoms with Crippen LogP contribution in [0.4, 0.5) is 10.9 Å². The lowest BCUT2D eigenvalue weighted by Crippen LogP contribution is -1.95. The number of thiazole rings is 1. The van der Waals surface area contributed by atoms with Gasteiger partial charge in [-0.1, -0.05) is 0 Å². The molecule has 0 amide bonds. The maximum absolute atomic E-state index is 8.85. The Bertz CT molecular complexity index is 512. The first-order valence-electron chi connectivity index (χ1n) is 4.34. The van der Waals surface area contributed by atoms with E-state index in [1.807, 2.05) is 6.92 Å². The van der Waals surface area contributed by atoms with Crippen molar-refractivity contribution in [1.82, 2.24) is 9.97 Å². The van der Waals surface area contributed by atoms with Crippen LogP contribution in [0.15, 0.2) is 24.5 Å². The largest absolute Gasteiger partial charge is 0.315 e. The number of hydrogen-bond acceptors (Lipinski definition) is 5. The molecular formula is C10H8N4S. The van der Waals surface area contributed by atoms with Crippen molar-refractivity contribution in [3.05, 3.63) is 35.0 Å². The predicted octanol–water partition coefficient (Wildman–Crippen LogP) is 2.46. The molecule has 0 saturated carbocycles. The summed E-state index contributed by atoms with van der Waals surface area (Å²) in [4.78, 5) is 9.35. The van der Waals surface area contributed by atoms with Gasteiger partial charge in [0, 0.05) is 17.3 Å². The number of nitriles is 1. The van der Waals surface area contributed by atoms with Gasteiger partial charge in [-0.05, 0) is 19.1 Å². The quantitative estimate of drug-likeness (QED) is 0.837. The molecule has 2 rings (SSSR count). The fourth-order valence-electron chi connectivity index (χ4n) is 1.11. The molecule has 74 valence electrons. The Labute approximate surface area is 91.2 Å². The normalized spacial score (nSPS) is 9.60. The molecule has 0 fully saturated rings. The topological polar surface area (TPSA) is 61.6 Å². The molecule has 0 unspecified atom stereocenters. The lowest BCUT2D eigenvalue weighted by molar-refractivity contribution is 1.27. The van der Waals surface area contributed by atoms with Crippen molar-refractivity contribution in [2.45, 2.75) is 6.92 Å². The molecule has 0 aliphatic heterocycles. The summed E-state index contributed by atoms with van der Waals surface area (Å²) in [5.74, 6) is 0.550. The van der Waals surface area contributed by atoms with E-state index in [4.69, 9.17) is 5.26 Å². The van der Waals surface area contributed by atoms with Gasteiger partial charge in [0.1, 0.15) is 11.9 Å². The fourth-order valence-corrected chi connectivity index (χ4v) is 1.77. The first kappa shape index (κ1) is 9.62. The van der Waals surface area contributed by atoms with Gasteiger partial charge in [-0.15, -0.1) is 11.3 Å². The van der Waals surface area contributed by atoms with Crippen LogP contribution in [0, 0.1) is 18.3 Å². The molecule has 5 heteroatoms. The average Bonchev–Trinajstić information content (AvgIpc) is 2.65. The van der Waals surface area contributed by atoms with E-state index in [1.165, 1.54) is 11.3 Å². The first-order chi connectivity index (χ1) is 7.29. The maximum atomic E-state index is 8.85. The number of aromatic nitrogens is 2. The van der Waals surface area contributed by atoms with Gasteiger partial charge < -0.3 is 5.32 Å². The zero-order valence-corrected chi connectivity index (χ0v) is 8.88. The summed E-state index contributed by atoms with van der Waals surface area (Å²) in [7, 11) is 0. The molecule has 0 radical (unpaired) electrons. The second kappa shape index (κ2) is 4.07. The molecule has 15 heavy (non-hydrogen) atoms. The first-order valence-corrected chi connectivity index (χ1v) is 5.16. The Morgan fingerprint density at radius 1 is 1.47 bits per heavy atom. The Morgan fingerprint density at radius 3 is 3.00 bits per heavy atom. The minimum atomic E-state index is 0.519. The average molecular weight is 216 g/mol. The second-order valence-electron chi connectivity index (χ2n) is 2.91. The molecule has 0 aliphatic carbocycles. The number of nitrogens with zero attached hydrogens (tertiary/aromatic N) is 3. The number of rotatable bonds is 2. The van der Waals surface area contributed by atoms with Gasteiger partial charge in [0.15, 0.2) is 5.13 Å². The molecule has 0 spiro atoms. The number of hydrogen-bond donors (Lipinski definition) is 1. The lowest BCUT2D eigenvalue weighted by atomic mass is 10.3. The maximum Gasteiger partial charge on any atom is 0.188 e. The molecule has 0 aromatic carbocycles. The van der Waals surface area contributed by atoms with Crippen LogP contribution in [0.3, 0.4) is 0 Å². The second-order valence-corrected chi connectivity index (χ2v) is 4.15. The summed E-state index contributed by atoms with van der Waals surface area (Å²) < 4.78 is 0. The third-order valence-electron chi connectivity index (χ3n) is 1.77. The van der Waals surface area contributed by atoms with Gasteiger partial charge in [0.2, 0.25) is 0 Å². The summed E-state index contributed by atoms with van der Waals surface area (Å²) in [6, 6.07) is 5.53. The minimum absolute atomic E-state index is 0.519. The monoisotopic (exact) mass is 216 g/mol. The van der Waals surface area contributed by atoms with Gasteiger partial charge >= 0.3 is 0 Å². The zero-order valence-electron chi connectivity index (χ0n) is 8.06. The number of pyridine rings is 1. The van der Waals surface area contributed by atoms with Crippen LogP contribution in [-0.2, 0) is 0 Å². The van der Waals surface area contributed by atoms with Crippen LogP contribution in [-0.4, -0.2) is 9.97 Å². The SMILES string of the molecule is Cc1cnc(Nc2ncccc2C#N)s1. The molecule has 0 aliphatic rings. The van der Waals surface area contributed by atoms with Crippen molar-refractivity contribution < 1.29 is 0 Å². The molecule has 2 aromatic rings. The van der Waals surface area contributed by atoms with Crippen molar-refractivity contribution >= 4 is 22.3 Å². The van der Waals surface area contributed by atoms with Crippen molar-refractivity contribution in [3.63, 3.8) is 0 Å². The highest BCUT2D eigenvalue weighted by Crippen LogP contribution is 2.22. The van der Waals surface area contributed by atoms with E-state index >= 15 is 0 Å². The highest BCUT2D eigenvalue weighted by molar-refractivity contribution is 7.15. The van der Waals surface area contributed by atoms with E-state index in [0.717, 1.165) is 10.0 Å². The van der Waals surface area contributed by atoms with Gasteiger partial charge in [0.25, 0.3) is 0 Å². The van der Waals surface area contributed by atoms with Crippen molar-refractivity contribution in [2.24, 2.45) is 0 Å². The highest BCUT2D eigenvalue weighted by atomic mass is 32.1. The van der Waals surface area contributed by atoms with Gasteiger partial charge in [0.05, 0.1) is 5.56 Å². The van der Waals surface area contributed by atoms with Crippen molar-refractivity contribution in [3.8, 4) is 6.07 Å². The Hall–Kier alpha value is -1.93. The number of anilines is 2. The Balaban J connectivity index is 2.28. The summed E-state index contributed by atoms with van der Waals surface area (Å²) >= 11 is 1.53. The third kappa shape index (κ3) is 2.11. The summed E-state index contributed by atoms with van der Waals surface area (Å²) in [6.07, 6.45) is 3.42. The summed E-state index contributed by atoms with van der Waals surface area (Å²) in [5, 5.41) is 12.6. The molecule has 1 N–H and O–H groups in total. The van der Waals surface area contributed by atoms with Crippen LogP contribution in [0.5, 0.6) is 0 Å². The van der Waals surface area contributed by atoms with Crippen LogP contribution in [0.2, 0.25) is 0 Å². The zero-order chi connectivity index (χ0) is 10.7. The minimum Gasteiger partial charge on any atom is -0.315 e. The van der Waals surface area contributed by atoms with E-state index in [-0.39, 0.29) is 0 Å². The van der Waals surface area contributed by atoms with Gasteiger partial charge in [-0.25, -0.2) is 9.97 Å². The van der Waals surface area contributed by atoms with Crippen LogP contribution >= 0.6 is 11.3 Å². The smallest absolute Gasteiger partial charge is 0.188 e. The van der Waals surface area contributed by atoms with Crippen molar-refractivity contribution in [2.75, 3.05) is 5.32 Å². The van der Waals surface area contributed by atoms with Gasteiger partial charge in [-0.2, -0.15) is 5.26 Å². The molecule has 2 heterocycles. The van der Waals surface area contributed by atoms with E-state index < -0.39 is 0 Å². The van der Waals surface area contributed by atoms with Crippen LogP contribution in [0.1, 0.15) is 10.4 Å². The van der Waals surface area contributed by atoms with Crippen LogP contribution < -0.4 is 5.32 Å². The summed E-state index contributed by atoms with van der Waals surface area (Å²) in [6.45, 7) is 1.98. The molecule has 0 saturated heterocycles. The van der Waals surface area contributed by atoms with E-state index in [2.05, 4.69) is 21.4 Å². The molecule has 4 nitrogen and oxygen atoms in total. The lowest BCUT2D eigenvalue weighted by Gasteiger charge is -2.01. The van der Waals surface area contributed by atoms with Gasteiger partial charge in [-0.3, -0.25) is 0 Å². The third-order valence-corrected chi connectivity index (χ3v) is 2.60. The molecule has 0 atom stereocenters. The van der Waals surface area contributed by atoms with E-state index in [1.54, 1.807) is 24.5 Å². The molecular weight excluding hydrogens is 208 g/mol. The number of nitrogens with one attached hydrogen (secondary N) is 1. The molecule has 0 bridgehead atoms. The summed E-state index contributed by atoms with van der Waals surface area (Å²) in [5.41, 5.74) is 0.519. The Kier molecular flexibility index (Phi) is 2.61. The predicted molar refractivity (Wildman–Crippen MR) is 59.1 cm³/mol. The van der Waals surface area contributed by atoms with E-state index in [0.29, 0.717) is 11.4 Å². The number of aryl methyl sites for hydroxylation is 1. The van der Waals surface area contributed by atoms with E-state index in [9.17, 15) is 0 Å². The highest BCUT2D eigenvalue weighted by Gasteiger charge is 2.04. The van der Waals surface area contributed by atoms with Crippen molar-refractivity contribution in [1.29, 1.82) is 5.26 Å².